The van der Waals surface area contributed by atoms with E-state index < -0.39 is 18.0 Å². The van der Waals surface area contributed by atoms with Crippen LogP contribution in [0, 0.1) is 0 Å². The average Bonchev–Trinajstić information content (AvgIpc) is 2.57. The Kier molecular flexibility index (Phi) is 6.14. The summed E-state index contributed by atoms with van der Waals surface area (Å²) in [5, 5.41) is 3.18. The van der Waals surface area contributed by atoms with E-state index in [0.717, 1.165) is 0 Å². The van der Waals surface area contributed by atoms with Gasteiger partial charge < -0.3 is 14.8 Å². The minimum absolute atomic E-state index is 0.247. The summed E-state index contributed by atoms with van der Waals surface area (Å²) in [6, 6.07) is 9.65. The first-order valence-electron chi connectivity index (χ1n) is 7.36. The number of nitrogens with one attached hydrogen (secondary N) is 1. The van der Waals surface area contributed by atoms with Gasteiger partial charge in [-0.15, -0.1) is 0 Å². The van der Waals surface area contributed by atoms with Gasteiger partial charge in [-0.05, 0) is 50.2 Å². The lowest BCUT2D eigenvalue weighted by Gasteiger charge is -2.14. The number of aromatic nitrogens is 1. The van der Waals surface area contributed by atoms with Gasteiger partial charge >= 0.3 is 5.97 Å². The third-order valence-electron chi connectivity index (χ3n) is 3.02. The first-order chi connectivity index (χ1) is 11.5. The number of pyridine rings is 1. The Balaban J connectivity index is 1.99. The third-order valence-corrected chi connectivity index (χ3v) is 3.27. The van der Waals surface area contributed by atoms with Crippen molar-refractivity contribution >= 4 is 29.3 Å². The molecule has 1 aromatic carbocycles. The number of esters is 1. The molecule has 1 atom stereocenters. The van der Waals surface area contributed by atoms with Crippen molar-refractivity contribution in [2.24, 2.45) is 0 Å². The number of nitrogens with zero attached hydrogens (tertiary/aromatic N) is 1. The van der Waals surface area contributed by atoms with Crippen LogP contribution in [-0.4, -0.2) is 29.6 Å². The molecule has 0 spiro atoms. The molecule has 0 aliphatic carbocycles. The van der Waals surface area contributed by atoms with E-state index >= 15 is 0 Å². The topological polar surface area (TPSA) is 77.5 Å². The van der Waals surface area contributed by atoms with Crippen LogP contribution < -0.4 is 10.1 Å². The van der Waals surface area contributed by atoms with Crippen LogP contribution in [0.1, 0.15) is 24.2 Å². The second-order valence-electron chi connectivity index (χ2n) is 4.85. The fourth-order valence-electron chi connectivity index (χ4n) is 1.84. The zero-order valence-corrected chi connectivity index (χ0v) is 14.0. The van der Waals surface area contributed by atoms with Crippen LogP contribution in [0.15, 0.2) is 42.6 Å². The average molecular weight is 349 g/mol. The van der Waals surface area contributed by atoms with Crippen LogP contribution in [0.2, 0.25) is 5.02 Å². The van der Waals surface area contributed by atoms with Crippen LogP contribution in [0.3, 0.4) is 0 Å². The van der Waals surface area contributed by atoms with Crippen LogP contribution in [0.5, 0.6) is 5.75 Å². The minimum atomic E-state index is -0.751. The zero-order chi connectivity index (χ0) is 17.5. The van der Waals surface area contributed by atoms with E-state index in [1.165, 1.54) is 18.3 Å². The van der Waals surface area contributed by atoms with Gasteiger partial charge in [0.2, 0.25) is 0 Å². The third kappa shape index (κ3) is 4.96. The molecule has 1 unspecified atom stereocenters. The van der Waals surface area contributed by atoms with Crippen LogP contribution in [-0.2, 0) is 9.53 Å². The van der Waals surface area contributed by atoms with E-state index in [1.54, 1.807) is 38.1 Å². The number of anilines is 1. The fourth-order valence-corrected chi connectivity index (χ4v) is 1.96. The first-order valence-corrected chi connectivity index (χ1v) is 7.73. The molecular formula is C17H17ClN2O4. The number of hydrogen-bond donors (Lipinski definition) is 1. The highest BCUT2D eigenvalue weighted by molar-refractivity contribution is 6.30. The maximum Gasteiger partial charge on any atom is 0.338 e. The van der Waals surface area contributed by atoms with E-state index in [9.17, 15) is 9.59 Å². The highest BCUT2D eigenvalue weighted by Crippen LogP contribution is 2.17. The zero-order valence-electron chi connectivity index (χ0n) is 13.3. The Morgan fingerprint density at radius 2 is 1.96 bits per heavy atom. The lowest BCUT2D eigenvalue weighted by Crippen LogP contribution is -2.30. The number of hydrogen-bond acceptors (Lipinski definition) is 5. The number of amides is 1. The van der Waals surface area contributed by atoms with E-state index in [4.69, 9.17) is 21.1 Å². The van der Waals surface area contributed by atoms with Gasteiger partial charge in [0.05, 0.1) is 12.2 Å². The van der Waals surface area contributed by atoms with Crippen LogP contribution >= 0.6 is 11.6 Å². The molecule has 7 heteroatoms. The summed E-state index contributed by atoms with van der Waals surface area (Å²) in [6.45, 7) is 3.60. The number of carbonyl (C=O) groups excluding carboxylic acids is 2. The van der Waals surface area contributed by atoms with Crippen LogP contribution in [0.4, 0.5) is 5.82 Å². The molecule has 1 amide bonds. The number of carbonyl (C=O) groups is 2. The normalized spacial score (nSPS) is 11.5. The molecule has 24 heavy (non-hydrogen) atoms. The van der Waals surface area contributed by atoms with Gasteiger partial charge in [-0.1, -0.05) is 11.6 Å². The molecule has 0 aliphatic rings. The number of ether oxygens (including phenoxy) is 2. The Morgan fingerprint density at radius 3 is 2.62 bits per heavy atom. The maximum absolute atomic E-state index is 12.2. The second-order valence-corrected chi connectivity index (χ2v) is 5.29. The van der Waals surface area contributed by atoms with Gasteiger partial charge in [0.25, 0.3) is 5.91 Å². The Bertz CT molecular complexity index is 719. The highest BCUT2D eigenvalue weighted by Gasteiger charge is 2.16. The molecule has 126 valence electrons. The summed E-state index contributed by atoms with van der Waals surface area (Å²) in [6.07, 6.45) is 0.672. The summed E-state index contributed by atoms with van der Waals surface area (Å²) in [5.41, 5.74) is 0.313. The second kappa shape index (κ2) is 8.31. The summed E-state index contributed by atoms with van der Waals surface area (Å²) in [5.74, 6) is -0.0910. The molecule has 2 rings (SSSR count). The predicted molar refractivity (Wildman–Crippen MR) is 90.4 cm³/mol. The Morgan fingerprint density at radius 1 is 1.25 bits per heavy atom. The van der Waals surface area contributed by atoms with Gasteiger partial charge in [0.15, 0.2) is 6.10 Å². The standard InChI is InChI=1S/C17H17ClN2O4/c1-3-23-17(22)12-8-9-19-15(10-12)20-16(21)11(2)24-14-6-4-13(18)5-7-14/h4-11H,3H2,1-2H3,(H,19,20,21). The molecule has 0 radical (unpaired) electrons. The van der Waals surface area contributed by atoms with E-state index in [0.29, 0.717) is 16.3 Å². The lowest BCUT2D eigenvalue weighted by molar-refractivity contribution is -0.122. The van der Waals surface area contributed by atoms with Crippen LogP contribution in [0.25, 0.3) is 0 Å². The quantitative estimate of drug-likeness (QED) is 0.810. The molecule has 0 saturated carbocycles. The smallest absolute Gasteiger partial charge is 0.338 e. The van der Waals surface area contributed by atoms with Gasteiger partial charge in [0.1, 0.15) is 11.6 Å². The van der Waals surface area contributed by atoms with E-state index in [2.05, 4.69) is 10.3 Å². The van der Waals surface area contributed by atoms with Gasteiger partial charge in [-0.25, -0.2) is 9.78 Å². The van der Waals surface area contributed by atoms with Crippen molar-refractivity contribution < 1.29 is 19.1 Å². The Labute approximate surface area is 144 Å². The summed E-state index contributed by atoms with van der Waals surface area (Å²) in [4.78, 5) is 27.9. The van der Waals surface area contributed by atoms with Gasteiger partial charge in [-0.3, -0.25) is 4.79 Å². The van der Waals surface area contributed by atoms with Gasteiger partial charge in [-0.2, -0.15) is 0 Å². The summed E-state index contributed by atoms with van der Waals surface area (Å²) < 4.78 is 10.4. The fraction of sp³-hybridized carbons (Fsp3) is 0.235. The van der Waals surface area contributed by atoms with E-state index in [-0.39, 0.29) is 12.4 Å². The minimum Gasteiger partial charge on any atom is -0.481 e. The molecule has 6 nitrogen and oxygen atoms in total. The predicted octanol–water partition coefficient (Wildman–Crippen LogP) is 3.32. The molecule has 0 bridgehead atoms. The van der Waals surface area contributed by atoms with Crippen molar-refractivity contribution in [2.75, 3.05) is 11.9 Å². The highest BCUT2D eigenvalue weighted by atomic mass is 35.5. The molecule has 1 aromatic heterocycles. The Hall–Kier alpha value is -2.60. The lowest BCUT2D eigenvalue weighted by atomic mass is 10.2. The number of halogens is 1. The molecule has 0 aliphatic heterocycles. The first kappa shape index (κ1) is 17.7. The van der Waals surface area contributed by atoms with Crippen molar-refractivity contribution in [1.82, 2.24) is 4.98 Å². The molecular weight excluding hydrogens is 332 g/mol. The van der Waals surface area contributed by atoms with Crippen molar-refractivity contribution in [2.45, 2.75) is 20.0 Å². The molecule has 1 heterocycles. The maximum atomic E-state index is 12.2. The summed E-state index contributed by atoms with van der Waals surface area (Å²) in [7, 11) is 0. The molecule has 1 N–H and O–H groups in total. The number of benzene rings is 1. The molecule has 2 aromatic rings. The number of rotatable bonds is 6. The van der Waals surface area contributed by atoms with Gasteiger partial charge in [0, 0.05) is 11.2 Å². The van der Waals surface area contributed by atoms with Crippen molar-refractivity contribution in [3.05, 3.63) is 53.2 Å². The van der Waals surface area contributed by atoms with E-state index in [1.807, 2.05) is 0 Å². The monoisotopic (exact) mass is 348 g/mol. The molecule has 0 saturated heterocycles. The summed E-state index contributed by atoms with van der Waals surface area (Å²) >= 11 is 5.80. The van der Waals surface area contributed by atoms with Crippen molar-refractivity contribution in [1.29, 1.82) is 0 Å². The van der Waals surface area contributed by atoms with Crippen molar-refractivity contribution in [3.63, 3.8) is 0 Å². The SMILES string of the molecule is CCOC(=O)c1ccnc(NC(=O)C(C)Oc2ccc(Cl)cc2)c1. The molecule has 0 fully saturated rings. The van der Waals surface area contributed by atoms with Crippen molar-refractivity contribution in [3.8, 4) is 5.75 Å². The largest absolute Gasteiger partial charge is 0.481 e.